The number of hydrogen-bond donors (Lipinski definition) is 1. The molecule has 0 amide bonds. The summed E-state index contributed by atoms with van der Waals surface area (Å²) in [5, 5.41) is 4.83. The van der Waals surface area contributed by atoms with Gasteiger partial charge in [0.2, 0.25) is 10.0 Å². The molecule has 1 atom stereocenters. The van der Waals surface area contributed by atoms with Crippen LogP contribution in [0.5, 0.6) is 0 Å². The molecule has 3 aromatic rings. The molecule has 7 nitrogen and oxygen atoms in total. The molecule has 0 aromatic heterocycles. The smallest absolute Gasteiger partial charge is 0.279 e. The van der Waals surface area contributed by atoms with E-state index in [-0.39, 0.29) is 4.90 Å². The molecule has 1 aliphatic heterocycles. The van der Waals surface area contributed by atoms with Crippen molar-refractivity contribution < 1.29 is 16.8 Å². The minimum Gasteiger partial charge on any atom is -0.284 e. The summed E-state index contributed by atoms with van der Waals surface area (Å²) in [6, 6.07) is 19.8. The Bertz CT molecular complexity index is 1450. The van der Waals surface area contributed by atoms with Crippen molar-refractivity contribution in [3.8, 4) is 0 Å². The van der Waals surface area contributed by atoms with Gasteiger partial charge in [0.15, 0.2) is 0 Å². The summed E-state index contributed by atoms with van der Waals surface area (Å²) < 4.78 is 54.0. The van der Waals surface area contributed by atoms with Crippen LogP contribution in [0.3, 0.4) is 0 Å². The van der Waals surface area contributed by atoms with Gasteiger partial charge in [-0.2, -0.15) is 17.9 Å². The number of nitrogens with zero attached hydrogens (tertiary/aromatic N) is 2. The summed E-state index contributed by atoms with van der Waals surface area (Å²) in [6.07, 6.45) is 1.40. The largest absolute Gasteiger partial charge is 0.284 e. The van der Waals surface area contributed by atoms with Crippen molar-refractivity contribution in [3.05, 3.63) is 94.5 Å². The van der Waals surface area contributed by atoms with E-state index in [1.807, 2.05) is 31.2 Å². The van der Waals surface area contributed by atoms with Crippen molar-refractivity contribution >= 4 is 43.0 Å². The minimum absolute atomic E-state index is 0.0473. The van der Waals surface area contributed by atoms with E-state index in [1.54, 1.807) is 36.4 Å². The van der Waals surface area contributed by atoms with Gasteiger partial charge in [0.25, 0.3) is 10.0 Å². The number of hydrogen-bond acceptors (Lipinski definition) is 5. The Balaban J connectivity index is 1.81. The van der Waals surface area contributed by atoms with Crippen LogP contribution in [0.1, 0.15) is 29.2 Å². The van der Waals surface area contributed by atoms with Gasteiger partial charge in [0.1, 0.15) is 0 Å². The van der Waals surface area contributed by atoms with Crippen LogP contribution in [0.15, 0.2) is 82.8 Å². The van der Waals surface area contributed by atoms with Crippen LogP contribution in [0.4, 0.5) is 5.69 Å². The van der Waals surface area contributed by atoms with E-state index in [0.29, 0.717) is 28.4 Å². The van der Waals surface area contributed by atoms with Gasteiger partial charge in [-0.3, -0.25) is 4.72 Å². The van der Waals surface area contributed by atoms with Crippen molar-refractivity contribution in [2.45, 2.75) is 24.3 Å². The molecule has 1 unspecified atom stereocenters. The number of benzene rings is 3. The summed E-state index contributed by atoms with van der Waals surface area (Å²) >= 11 is 6.06. The number of aryl methyl sites for hydroxylation is 1. The highest BCUT2D eigenvalue weighted by molar-refractivity contribution is 7.92. The second-order valence-electron chi connectivity index (χ2n) is 7.81. The molecule has 10 heteroatoms. The Morgan fingerprint density at radius 2 is 1.70 bits per heavy atom. The van der Waals surface area contributed by atoms with E-state index < -0.39 is 26.1 Å². The maximum Gasteiger partial charge on any atom is 0.279 e. The van der Waals surface area contributed by atoms with Crippen LogP contribution < -0.4 is 4.72 Å². The van der Waals surface area contributed by atoms with Gasteiger partial charge in [-0.15, -0.1) is 0 Å². The minimum atomic E-state index is -4.01. The third-order valence-electron chi connectivity index (χ3n) is 5.26. The first-order chi connectivity index (χ1) is 15.5. The van der Waals surface area contributed by atoms with E-state index in [2.05, 4.69) is 9.82 Å². The van der Waals surface area contributed by atoms with Crippen LogP contribution >= 0.6 is 11.6 Å². The average molecular weight is 504 g/mol. The third-order valence-corrected chi connectivity index (χ3v) is 7.78. The van der Waals surface area contributed by atoms with Gasteiger partial charge in [-0.05, 0) is 53.9 Å². The lowest BCUT2D eigenvalue weighted by molar-refractivity contribution is 0.370. The molecule has 0 radical (unpaired) electrons. The Hall–Kier alpha value is -2.88. The van der Waals surface area contributed by atoms with E-state index >= 15 is 0 Å². The molecule has 0 saturated heterocycles. The molecule has 0 bridgehead atoms. The number of hydrazone groups is 1. The number of halogens is 1. The third kappa shape index (κ3) is 5.05. The van der Waals surface area contributed by atoms with E-state index in [0.717, 1.165) is 21.8 Å². The van der Waals surface area contributed by atoms with Gasteiger partial charge in [-0.25, -0.2) is 8.42 Å². The molecule has 33 heavy (non-hydrogen) atoms. The zero-order chi connectivity index (χ0) is 23.8. The molecule has 1 N–H and O–H groups in total. The normalized spacial score (nSPS) is 16.5. The maximum absolute atomic E-state index is 13.6. The molecule has 0 spiro atoms. The fraction of sp³-hybridized carbons (Fsp3) is 0.174. The van der Waals surface area contributed by atoms with Gasteiger partial charge in [-0.1, -0.05) is 54.1 Å². The van der Waals surface area contributed by atoms with Gasteiger partial charge < -0.3 is 0 Å². The Morgan fingerprint density at radius 3 is 2.39 bits per heavy atom. The molecule has 0 saturated carbocycles. The molecule has 0 aliphatic carbocycles. The van der Waals surface area contributed by atoms with Gasteiger partial charge in [0.05, 0.1) is 22.9 Å². The summed E-state index contributed by atoms with van der Waals surface area (Å²) in [7, 11) is -7.46. The average Bonchev–Trinajstić information content (AvgIpc) is 3.19. The monoisotopic (exact) mass is 503 g/mol. The maximum atomic E-state index is 13.6. The van der Waals surface area contributed by atoms with Crippen molar-refractivity contribution in [2.24, 2.45) is 5.10 Å². The molecular formula is C23H22ClN3O4S2. The first-order valence-electron chi connectivity index (χ1n) is 10.1. The Labute approximate surface area is 198 Å². The molecule has 4 rings (SSSR count). The number of rotatable bonds is 6. The highest BCUT2D eigenvalue weighted by atomic mass is 35.5. The quantitative estimate of drug-likeness (QED) is 0.533. The van der Waals surface area contributed by atoms with E-state index in [9.17, 15) is 16.8 Å². The van der Waals surface area contributed by atoms with Crippen LogP contribution in [0, 0.1) is 6.92 Å². The Kier molecular flexibility index (Phi) is 6.22. The van der Waals surface area contributed by atoms with Gasteiger partial charge in [0, 0.05) is 17.1 Å². The molecule has 172 valence electrons. The molecule has 3 aromatic carbocycles. The lowest BCUT2D eigenvalue weighted by Gasteiger charge is -2.24. The van der Waals surface area contributed by atoms with Crippen molar-refractivity contribution in [3.63, 3.8) is 0 Å². The highest BCUT2D eigenvalue weighted by Crippen LogP contribution is 2.38. The molecular weight excluding hydrogens is 482 g/mol. The zero-order valence-electron chi connectivity index (χ0n) is 17.9. The molecule has 0 fully saturated rings. The van der Waals surface area contributed by atoms with Crippen molar-refractivity contribution in [1.82, 2.24) is 4.41 Å². The van der Waals surface area contributed by atoms with Crippen LogP contribution in [0.25, 0.3) is 0 Å². The first kappa shape index (κ1) is 23.3. The number of nitrogens with one attached hydrogen (secondary N) is 1. The summed E-state index contributed by atoms with van der Waals surface area (Å²) in [6.45, 7) is 1.92. The standard InChI is InChI=1S/C23H22ClN3O4S2/c1-16-7-3-4-12-21(16)23-15-22(17-8-5-10-19(13-17)26-32(2,28)29)25-27(23)33(30,31)20-11-6-9-18(24)14-20/h3-14,23,26H,15H2,1-2H3. The summed E-state index contributed by atoms with van der Waals surface area (Å²) in [5.41, 5.74) is 3.32. The fourth-order valence-corrected chi connectivity index (χ4v) is 6.07. The SMILES string of the molecule is Cc1ccccc1C1CC(c2cccc(NS(C)(=O)=O)c2)=NN1S(=O)(=O)c1cccc(Cl)c1. The van der Waals surface area contributed by atoms with E-state index in [4.69, 9.17) is 11.6 Å². The number of sulfonamides is 2. The van der Waals surface area contributed by atoms with Crippen molar-refractivity contribution in [1.29, 1.82) is 0 Å². The molecule has 1 heterocycles. The predicted octanol–water partition coefficient (Wildman–Crippen LogP) is 4.56. The number of anilines is 1. The predicted molar refractivity (Wildman–Crippen MR) is 130 cm³/mol. The lowest BCUT2D eigenvalue weighted by Crippen LogP contribution is -2.27. The first-order valence-corrected chi connectivity index (χ1v) is 13.8. The van der Waals surface area contributed by atoms with Gasteiger partial charge >= 0.3 is 0 Å². The highest BCUT2D eigenvalue weighted by Gasteiger charge is 2.38. The lowest BCUT2D eigenvalue weighted by atomic mass is 9.96. The summed E-state index contributed by atoms with van der Waals surface area (Å²) in [4.78, 5) is 0.0473. The van der Waals surface area contributed by atoms with Crippen LogP contribution in [0.2, 0.25) is 5.02 Å². The Morgan fingerprint density at radius 1 is 0.970 bits per heavy atom. The fourth-order valence-electron chi connectivity index (χ4n) is 3.79. The van der Waals surface area contributed by atoms with Crippen molar-refractivity contribution in [2.75, 3.05) is 11.0 Å². The topological polar surface area (TPSA) is 95.9 Å². The zero-order valence-corrected chi connectivity index (χ0v) is 20.3. The summed E-state index contributed by atoms with van der Waals surface area (Å²) in [5.74, 6) is 0. The van der Waals surface area contributed by atoms with E-state index in [1.165, 1.54) is 12.1 Å². The second-order valence-corrected chi connectivity index (χ2v) is 11.8. The second kappa shape index (κ2) is 8.81. The molecule has 1 aliphatic rings. The van der Waals surface area contributed by atoms with Crippen LogP contribution in [-0.2, 0) is 20.0 Å². The van der Waals surface area contributed by atoms with Crippen LogP contribution in [-0.4, -0.2) is 33.2 Å².